The number of sulfonamides is 2. The Kier molecular flexibility index (Phi) is 4.28. The minimum Gasteiger partial charge on any atom is -0.360 e. The summed E-state index contributed by atoms with van der Waals surface area (Å²) in [6.07, 6.45) is 0.552. The minimum absolute atomic E-state index is 0.00824. The largest absolute Gasteiger partial charge is 0.360 e. The molecule has 10 heteroatoms. The smallest absolute Gasteiger partial charge is 0.267 e. The van der Waals surface area contributed by atoms with Crippen molar-refractivity contribution >= 4 is 31.4 Å². The van der Waals surface area contributed by atoms with Gasteiger partial charge in [0.15, 0.2) is 10.7 Å². The number of hydrogen-bond donors (Lipinski definition) is 1. The first-order chi connectivity index (χ1) is 11.6. The molecule has 0 unspecified atom stereocenters. The number of nitrogens with zero attached hydrogens (tertiary/aromatic N) is 2. The average molecular weight is 385 g/mol. The molecule has 136 valence electrons. The highest BCUT2D eigenvalue weighted by atomic mass is 32.2. The molecular formula is C15H19N3O5S2. The van der Waals surface area contributed by atoms with Gasteiger partial charge in [-0.2, -0.15) is 0 Å². The third kappa shape index (κ3) is 3.23. The summed E-state index contributed by atoms with van der Waals surface area (Å²) in [5.74, 6) is 0.294. The molecule has 25 heavy (non-hydrogen) atoms. The molecule has 1 aromatic heterocycles. The van der Waals surface area contributed by atoms with Gasteiger partial charge in [-0.3, -0.25) is 9.03 Å². The summed E-state index contributed by atoms with van der Waals surface area (Å²) < 4.78 is 58.3. The van der Waals surface area contributed by atoms with E-state index in [0.717, 1.165) is 0 Å². The molecule has 1 aliphatic rings. The summed E-state index contributed by atoms with van der Waals surface area (Å²) in [5, 5.41) is 3.66. The maximum absolute atomic E-state index is 12.7. The molecule has 0 amide bonds. The van der Waals surface area contributed by atoms with Crippen molar-refractivity contribution in [3.63, 3.8) is 0 Å². The van der Waals surface area contributed by atoms with Crippen LogP contribution >= 0.6 is 0 Å². The molecule has 1 fully saturated rings. The predicted molar refractivity (Wildman–Crippen MR) is 93.7 cm³/mol. The van der Waals surface area contributed by atoms with E-state index in [0.29, 0.717) is 29.9 Å². The van der Waals surface area contributed by atoms with Crippen molar-refractivity contribution in [3.05, 3.63) is 35.2 Å². The Morgan fingerprint density at radius 2 is 1.96 bits per heavy atom. The Morgan fingerprint density at radius 3 is 2.52 bits per heavy atom. The molecule has 2 heterocycles. The number of anilines is 2. The molecule has 0 bridgehead atoms. The molecule has 8 nitrogen and oxygen atoms in total. The highest BCUT2D eigenvalue weighted by Crippen LogP contribution is 2.30. The number of rotatable bonds is 4. The van der Waals surface area contributed by atoms with Gasteiger partial charge >= 0.3 is 0 Å². The number of benzene rings is 1. The van der Waals surface area contributed by atoms with Crippen LogP contribution in [-0.2, 0) is 20.0 Å². The van der Waals surface area contributed by atoms with Gasteiger partial charge in [0.2, 0.25) is 10.0 Å². The maximum Gasteiger partial charge on any atom is 0.267 e. The second-order valence-corrected chi connectivity index (χ2v) is 9.63. The molecule has 0 aliphatic carbocycles. The van der Waals surface area contributed by atoms with E-state index in [9.17, 15) is 16.8 Å². The fraction of sp³-hybridized carbons (Fsp3) is 0.400. The average Bonchev–Trinajstić information content (AvgIpc) is 3.03. The summed E-state index contributed by atoms with van der Waals surface area (Å²) in [5.41, 5.74) is 1.70. The first kappa shape index (κ1) is 17.7. The normalized spacial score (nSPS) is 17.0. The molecule has 3 rings (SSSR count). The van der Waals surface area contributed by atoms with Crippen LogP contribution in [0.25, 0.3) is 0 Å². The van der Waals surface area contributed by atoms with Gasteiger partial charge in [-0.05, 0) is 44.9 Å². The zero-order valence-corrected chi connectivity index (χ0v) is 15.7. The number of nitrogens with one attached hydrogen (secondary N) is 1. The third-order valence-electron chi connectivity index (χ3n) is 4.09. The van der Waals surface area contributed by atoms with Crippen LogP contribution in [0.15, 0.2) is 27.6 Å². The summed E-state index contributed by atoms with van der Waals surface area (Å²) in [7, 11) is -7.24. The monoisotopic (exact) mass is 385 g/mol. The summed E-state index contributed by atoms with van der Waals surface area (Å²) >= 11 is 0. The quantitative estimate of drug-likeness (QED) is 0.861. The first-order valence-electron chi connectivity index (χ1n) is 7.68. The Morgan fingerprint density at radius 1 is 1.24 bits per heavy atom. The predicted octanol–water partition coefficient (Wildman–Crippen LogP) is 1.94. The van der Waals surface area contributed by atoms with Crippen LogP contribution < -0.4 is 9.03 Å². The zero-order chi connectivity index (χ0) is 18.4. The third-order valence-corrected chi connectivity index (χ3v) is 7.57. The Labute approximate surface area is 146 Å². The van der Waals surface area contributed by atoms with Gasteiger partial charge in [-0.1, -0.05) is 11.2 Å². The van der Waals surface area contributed by atoms with Gasteiger partial charge in [0, 0.05) is 6.54 Å². The van der Waals surface area contributed by atoms with Crippen LogP contribution in [-0.4, -0.2) is 34.3 Å². The highest BCUT2D eigenvalue weighted by molar-refractivity contribution is 7.93. The fourth-order valence-electron chi connectivity index (χ4n) is 2.86. The summed E-state index contributed by atoms with van der Waals surface area (Å²) in [6, 6.07) is 4.90. The lowest BCUT2D eigenvalue weighted by Gasteiger charge is -2.19. The fourth-order valence-corrected chi connectivity index (χ4v) is 5.87. The number of aromatic nitrogens is 1. The van der Waals surface area contributed by atoms with Gasteiger partial charge in [-0.25, -0.2) is 16.8 Å². The zero-order valence-electron chi connectivity index (χ0n) is 14.1. The molecule has 1 N–H and O–H groups in total. The standard InChI is InChI=1S/C15H19N3O5S2/c1-10-5-6-13(18-7-4-8-24(18,19)20)9-14(10)17-25(21,22)15-11(2)16-23-12(15)3/h5-6,9,17H,4,7-8H2,1-3H3. The first-order valence-corrected chi connectivity index (χ1v) is 10.8. The van der Waals surface area contributed by atoms with E-state index in [2.05, 4.69) is 9.88 Å². The van der Waals surface area contributed by atoms with E-state index in [1.165, 1.54) is 17.3 Å². The molecule has 2 aromatic rings. The van der Waals surface area contributed by atoms with Crippen LogP contribution in [0.2, 0.25) is 0 Å². The van der Waals surface area contributed by atoms with Gasteiger partial charge in [0.05, 0.1) is 17.1 Å². The van der Waals surface area contributed by atoms with Gasteiger partial charge in [0.25, 0.3) is 10.0 Å². The SMILES string of the molecule is Cc1ccc(N2CCCS2(=O)=O)cc1NS(=O)(=O)c1c(C)noc1C. The summed E-state index contributed by atoms with van der Waals surface area (Å²) in [6.45, 7) is 5.20. The van der Waals surface area contributed by atoms with E-state index in [1.807, 2.05) is 0 Å². The van der Waals surface area contributed by atoms with Crippen molar-refractivity contribution in [2.75, 3.05) is 21.3 Å². The molecule has 1 aliphatic heterocycles. The second-order valence-electron chi connectivity index (χ2n) is 6.00. The van der Waals surface area contributed by atoms with Crippen LogP contribution in [0, 0.1) is 20.8 Å². The van der Waals surface area contributed by atoms with Crippen molar-refractivity contribution in [2.24, 2.45) is 0 Å². The Bertz CT molecular complexity index is 1010. The molecule has 0 radical (unpaired) electrons. The Balaban J connectivity index is 2.00. The second kappa shape index (κ2) is 6.03. The molecule has 0 spiro atoms. The van der Waals surface area contributed by atoms with E-state index in [1.54, 1.807) is 26.0 Å². The van der Waals surface area contributed by atoms with Gasteiger partial charge in [-0.15, -0.1) is 0 Å². The van der Waals surface area contributed by atoms with Crippen LogP contribution in [0.4, 0.5) is 11.4 Å². The Hall–Kier alpha value is -2.07. The van der Waals surface area contributed by atoms with Crippen molar-refractivity contribution in [1.82, 2.24) is 5.16 Å². The molecular weight excluding hydrogens is 366 g/mol. The van der Waals surface area contributed by atoms with Crippen molar-refractivity contribution in [1.29, 1.82) is 0 Å². The minimum atomic E-state index is -3.90. The van der Waals surface area contributed by atoms with Crippen molar-refractivity contribution in [2.45, 2.75) is 32.1 Å². The number of aryl methyl sites for hydroxylation is 3. The molecule has 1 aromatic carbocycles. The lowest BCUT2D eigenvalue weighted by atomic mass is 10.2. The van der Waals surface area contributed by atoms with Crippen LogP contribution in [0.3, 0.4) is 0 Å². The van der Waals surface area contributed by atoms with Crippen molar-refractivity contribution in [3.8, 4) is 0 Å². The maximum atomic E-state index is 12.7. The topological polar surface area (TPSA) is 110 Å². The van der Waals surface area contributed by atoms with Gasteiger partial charge < -0.3 is 4.52 Å². The number of hydrogen-bond acceptors (Lipinski definition) is 6. The summed E-state index contributed by atoms with van der Waals surface area (Å²) in [4.78, 5) is -0.00824. The van der Waals surface area contributed by atoms with E-state index >= 15 is 0 Å². The lowest BCUT2D eigenvalue weighted by Crippen LogP contribution is -2.25. The van der Waals surface area contributed by atoms with Crippen LogP contribution in [0.5, 0.6) is 0 Å². The molecule has 0 atom stereocenters. The molecule has 0 saturated carbocycles. The van der Waals surface area contributed by atoms with E-state index < -0.39 is 20.0 Å². The molecule has 1 saturated heterocycles. The van der Waals surface area contributed by atoms with Gasteiger partial charge in [0.1, 0.15) is 5.69 Å². The van der Waals surface area contributed by atoms with Crippen molar-refractivity contribution < 1.29 is 21.4 Å². The van der Waals surface area contributed by atoms with Crippen LogP contribution in [0.1, 0.15) is 23.4 Å². The highest BCUT2D eigenvalue weighted by Gasteiger charge is 2.29. The van der Waals surface area contributed by atoms with E-state index in [4.69, 9.17) is 4.52 Å². The lowest BCUT2D eigenvalue weighted by molar-refractivity contribution is 0.390. The van der Waals surface area contributed by atoms with E-state index in [-0.39, 0.29) is 22.1 Å².